The molecule has 4 heteroatoms. The maximum Gasteiger partial charge on any atom is 0.122 e. The molecule has 4 nitrogen and oxygen atoms in total. The molecule has 3 rings (SSSR count). The fourth-order valence-electron chi connectivity index (χ4n) is 2.78. The van der Waals surface area contributed by atoms with Crippen molar-refractivity contribution < 1.29 is 9.84 Å². The molecule has 0 spiro atoms. The smallest absolute Gasteiger partial charge is 0.122 e. The molecular weight excluding hydrogens is 288 g/mol. The minimum Gasteiger partial charge on any atom is -0.491 e. The third-order valence-corrected chi connectivity index (χ3v) is 3.99. The Morgan fingerprint density at radius 1 is 1.13 bits per heavy atom. The van der Waals surface area contributed by atoms with Crippen LogP contribution in [0.3, 0.4) is 0 Å². The number of benzene rings is 2. The Bertz CT molecular complexity index is 808. The number of aliphatic hydroxyl groups excluding tert-OH is 1. The lowest BCUT2D eigenvalue weighted by atomic mass is 10.1. The van der Waals surface area contributed by atoms with Gasteiger partial charge in [0.25, 0.3) is 0 Å². The molecule has 0 saturated heterocycles. The van der Waals surface area contributed by atoms with Crippen LogP contribution in [0, 0.1) is 13.8 Å². The van der Waals surface area contributed by atoms with Gasteiger partial charge in [0, 0.05) is 6.42 Å². The number of aromatic nitrogens is 2. The average molecular weight is 310 g/mol. The van der Waals surface area contributed by atoms with E-state index in [0.29, 0.717) is 19.6 Å². The summed E-state index contributed by atoms with van der Waals surface area (Å²) in [4.78, 5) is 4.61. The number of rotatable bonds is 6. The second-order valence-electron chi connectivity index (χ2n) is 5.76. The maximum atomic E-state index is 9.26. The summed E-state index contributed by atoms with van der Waals surface area (Å²) in [7, 11) is 0. The van der Waals surface area contributed by atoms with E-state index < -0.39 is 0 Å². The summed E-state index contributed by atoms with van der Waals surface area (Å²) in [5.41, 5.74) is 4.38. The molecule has 120 valence electrons. The zero-order chi connectivity index (χ0) is 16.2. The number of fused-ring (bicyclic) bond motifs is 1. The van der Waals surface area contributed by atoms with Crippen molar-refractivity contribution in [3.8, 4) is 5.75 Å². The topological polar surface area (TPSA) is 47.3 Å². The second kappa shape index (κ2) is 6.84. The van der Waals surface area contributed by atoms with Crippen molar-refractivity contribution in [1.82, 2.24) is 9.55 Å². The van der Waals surface area contributed by atoms with Crippen molar-refractivity contribution in [3.05, 3.63) is 59.4 Å². The highest BCUT2D eigenvalue weighted by atomic mass is 16.5. The molecule has 1 aromatic heterocycles. The molecule has 0 aliphatic rings. The number of hydrogen-bond donors (Lipinski definition) is 1. The van der Waals surface area contributed by atoms with Crippen molar-refractivity contribution >= 4 is 11.0 Å². The quantitative estimate of drug-likeness (QED) is 0.760. The van der Waals surface area contributed by atoms with Gasteiger partial charge in [-0.15, -0.1) is 0 Å². The normalized spacial score (nSPS) is 11.1. The number of aryl methyl sites for hydroxylation is 2. The minimum absolute atomic E-state index is 0.0984. The van der Waals surface area contributed by atoms with Crippen LogP contribution < -0.4 is 4.74 Å². The van der Waals surface area contributed by atoms with Crippen molar-refractivity contribution in [1.29, 1.82) is 0 Å². The third kappa shape index (κ3) is 3.37. The Morgan fingerprint density at radius 3 is 2.78 bits per heavy atom. The molecule has 2 aromatic carbocycles. The lowest BCUT2D eigenvalue weighted by Crippen LogP contribution is -2.12. The maximum absolute atomic E-state index is 9.26. The van der Waals surface area contributed by atoms with Crippen molar-refractivity contribution in [2.24, 2.45) is 0 Å². The molecular formula is C19H22N2O2. The fraction of sp³-hybridized carbons (Fsp3) is 0.316. The zero-order valence-corrected chi connectivity index (χ0v) is 13.6. The highest BCUT2D eigenvalue weighted by Gasteiger charge is 2.10. The van der Waals surface area contributed by atoms with E-state index in [1.54, 1.807) is 0 Å². The van der Waals surface area contributed by atoms with Crippen molar-refractivity contribution in [2.75, 3.05) is 13.2 Å². The summed E-state index contributed by atoms with van der Waals surface area (Å²) in [6.45, 7) is 5.50. The van der Waals surface area contributed by atoms with Crippen molar-refractivity contribution in [3.63, 3.8) is 0 Å². The number of hydrogen-bond acceptors (Lipinski definition) is 3. The lowest BCUT2D eigenvalue weighted by Gasteiger charge is -2.12. The van der Waals surface area contributed by atoms with Gasteiger partial charge in [-0.1, -0.05) is 24.3 Å². The Kier molecular flexibility index (Phi) is 4.63. The average Bonchev–Trinajstić information content (AvgIpc) is 2.89. The molecule has 0 aliphatic heterocycles. The number of nitrogens with zero attached hydrogens (tertiary/aromatic N) is 2. The Labute approximate surface area is 136 Å². The monoisotopic (exact) mass is 310 g/mol. The predicted molar refractivity (Wildman–Crippen MR) is 91.9 cm³/mol. The van der Waals surface area contributed by atoms with Gasteiger partial charge in [0.2, 0.25) is 0 Å². The summed E-state index contributed by atoms with van der Waals surface area (Å²) in [5, 5.41) is 9.26. The van der Waals surface area contributed by atoms with Gasteiger partial charge < -0.3 is 14.4 Å². The molecule has 23 heavy (non-hydrogen) atoms. The molecule has 1 N–H and O–H groups in total. The van der Waals surface area contributed by atoms with E-state index in [-0.39, 0.29) is 6.61 Å². The van der Waals surface area contributed by atoms with Crippen LogP contribution in [-0.2, 0) is 13.0 Å². The van der Waals surface area contributed by atoms with Crippen LogP contribution in [0.5, 0.6) is 5.75 Å². The van der Waals surface area contributed by atoms with E-state index in [4.69, 9.17) is 4.74 Å². The summed E-state index contributed by atoms with van der Waals surface area (Å²) in [6, 6.07) is 14.3. The van der Waals surface area contributed by atoms with Gasteiger partial charge in [0.1, 0.15) is 18.2 Å². The van der Waals surface area contributed by atoms with Crippen LogP contribution in [0.2, 0.25) is 0 Å². The molecule has 0 saturated carbocycles. The molecule has 0 bridgehead atoms. The van der Waals surface area contributed by atoms with Crippen LogP contribution in [0.4, 0.5) is 0 Å². The van der Waals surface area contributed by atoms with Crippen LogP contribution >= 0.6 is 0 Å². The number of para-hydroxylation sites is 2. The van der Waals surface area contributed by atoms with Crippen LogP contribution in [0.15, 0.2) is 42.5 Å². The highest BCUT2D eigenvalue weighted by molar-refractivity contribution is 5.75. The first-order valence-electron chi connectivity index (χ1n) is 7.94. The van der Waals surface area contributed by atoms with Crippen molar-refractivity contribution in [2.45, 2.75) is 26.8 Å². The van der Waals surface area contributed by atoms with E-state index in [1.807, 2.05) is 18.2 Å². The molecule has 0 aliphatic carbocycles. The lowest BCUT2D eigenvalue weighted by molar-refractivity contribution is 0.283. The number of imidazole rings is 1. The van der Waals surface area contributed by atoms with Gasteiger partial charge >= 0.3 is 0 Å². The van der Waals surface area contributed by atoms with Gasteiger partial charge in [-0.25, -0.2) is 4.98 Å². The SMILES string of the molecule is Cc1ccc(C)c(OCCn2c(CCO)nc3ccccc32)c1. The summed E-state index contributed by atoms with van der Waals surface area (Å²) in [5.74, 6) is 1.83. The largest absolute Gasteiger partial charge is 0.491 e. The zero-order valence-electron chi connectivity index (χ0n) is 13.6. The Hall–Kier alpha value is -2.33. The molecule has 0 unspecified atom stereocenters. The molecule has 0 amide bonds. The Morgan fingerprint density at radius 2 is 1.96 bits per heavy atom. The van der Waals surface area contributed by atoms with Gasteiger partial charge in [0.05, 0.1) is 24.2 Å². The van der Waals surface area contributed by atoms with E-state index in [1.165, 1.54) is 5.56 Å². The van der Waals surface area contributed by atoms with Crippen LogP contribution in [0.1, 0.15) is 17.0 Å². The Balaban J connectivity index is 1.78. The van der Waals surface area contributed by atoms with Gasteiger partial charge in [-0.3, -0.25) is 0 Å². The molecule has 0 fully saturated rings. The minimum atomic E-state index is 0.0984. The summed E-state index contributed by atoms with van der Waals surface area (Å²) >= 11 is 0. The standard InChI is InChI=1S/C19H22N2O2/c1-14-7-8-15(2)18(13-14)23-12-10-21-17-6-4-3-5-16(17)20-19(21)9-11-22/h3-8,13,22H,9-12H2,1-2H3. The van der Waals surface area contributed by atoms with E-state index in [2.05, 4.69) is 47.7 Å². The van der Waals surface area contributed by atoms with Gasteiger partial charge in [-0.05, 0) is 43.2 Å². The molecule has 0 radical (unpaired) electrons. The summed E-state index contributed by atoms with van der Waals surface area (Å²) in [6.07, 6.45) is 0.554. The molecule has 3 aromatic rings. The molecule has 1 heterocycles. The van der Waals surface area contributed by atoms with Crippen LogP contribution in [-0.4, -0.2) is 27.9 Å². The number of aliphatic hydroxyl groups is 1. The molecule has 0 atom stereocenters. The summed E-state index contributed by atoms with van der Waals surface area (Å²) < 4.78 is 8.10. The van der Waals surface area contributed by atoms with Crippen LogP contribution in [0.25, 0.3) is 11.0 Å². The highest BCUT2D eigenvalue weighted by Crippen LogP contribution is 2.20. The predicted octanol–water partition coefficient (Wildman–Crippen LogP) is 3.27. The first-order chi connectivity index (χ1) is 11.2. The third-order valence-electron chi connectivity index (χ3n) is 3.99. The van der Waals surface area contributed by atoms with E-state index >= 15 is 0 Å². The fourth-order valence-corrected chi connectivity index (χ4v) is 2.78. The number of ether oxygens (including phenoxy) is 1. The second-order valence-corrected chi connectivity index (χ2v) is 5.76. The first kappa shape index (κ1) is 15.6. The van der Waals surface area contributed by atoms with Gasteiger partial charge in [0.15, 0.2) is 0 Å². The first-order valence-corrected chi connectivity index (χ1v) is 7.94. The van der Waals surface area contributed by atoms with E-state index in [9.17, 15) is 5.11 Å². The van der Waals surface area contributed by atoms with E-state index in [0.717, 1.165) is 28.2 Å². The van der Waals surface area contributed by atoms with Gasteiger partial charge in [-0.2, -0.15) is 0 Å².